The summed E-state index contributed by atoms with van der Waals surface area (Å²) in [5.74, 6) is -0.0914. The number of carbonyl (C=O) groups is 1. The van der Waals surface area contributed by atoms with Crippen molar-refractivity contribution in [2.24, 2.45) is 5.73 Å². The van der Waals surface area contributed by atoms with E-state index in [9.17, 15) is 4.79 Å². The molecule has 0 aliphatic heterocycles. The quantitative estimate of drug-likeness (QED) is 0.628. The zero-order valence-corrected chi connectivity index (χ0v) is 8.11. The number of carbonyl (C=O) groups excluding carboxylic acids is 1. The van der Waals surface area contributed by atoms with Gasteiger partial charge in [-0.2, -0.15) is 4.98 Å². The molecule has 0 radical (unpaired) electrons. The molecular weight excluding hydrogens is 182 g/mol. The van der Waals surface area contributed by atoms with Gasteiger partial charge in [-0.15, -0.1) is 0 Å². The minimum absolute atomic E-state index is 0.109. The highest BCUT2D eigenvalue weighted by molar-refractivity contribution is 5.97. The molecule has 0 unspecified atom stereocenters. The second-order valence-electron chi connectivity index (χ2n) is 3.15. The van der Waals surface area contributed by atoms with E-state index in [1.807, 2.05) is 13.8 Å². The Morgan fingerprint density at radius 1 is 1.57 bits per heavy atom. The summed E-state index contributed by atoms with van der Waals surface area (Å²) in [5, 5.41) is 2.96. The lowest BCUT2D eigenvalue weighted by Gasteiger charge is -2.11. The zero-order chi connectivity index (χ0) is 10.7. The van der Waals surface area contributed by atoms with Crippen molar-refractivity contribution in [2.45, 2.75) is 19.9 Å². The smallest absolute Gasteiger partial charge is 0.254 e. The van der Waals surface area contributed by atoms with Crippen LogP contribution in [0.1, 0.15) is 24.2 Å². The normalized spacial score (nSPS) is 10.2. The second-order valence-corrected chi connectivity index (χ2v) is 3.15. The summed E-state index contributed by atoms with van der Waals surface area (Å²) in [6, 6.07) is 0.141. The van der Waals surface area contributed by atoms with Crippen molar-refractivity contribution in [1.82, 2.24) is 9.97 Å². The molecule has 0 saturated carbocycles. The molecule has 0 atom stereocenters. The zero-order valence-electron chi connectivity index (χ0n) is 8.11. The van der Waals surface area contributed by atoms with E-state index in [-0.39, 0.29) is 17.6 Å². The van der Waals surface area contributed by atoms with Crippen molar-refractivity contribution in [1.29, 1.82) is 0 Å². The monoisotopic (exact) mass is 195 g/mol. The van der Waals surface area contributed by atoms with Crippen LogP contribution < -0.4 is 16.8 Å². The molecule has 76 valence electrons. The van der Waals surface area contributed by atoms with Crippen LogP contribution >= 0.6 is 0 Å². The highest BCUT2D eigenvalue weighted by Gasteiger charge is 2.11. The lowest BCUT2D eigenvalue weighted by atomic mass is 10.2. The summed E-state index contributed by atoms with van der Waals surface area (Å²) in [4.78, 5) is 18.6. The van der Waals surface area contributed by atoms with Crippen LogP contribution in [-0.4, -0.2) is 21.9 Å². The Kier molecular flexibility index (Phi) is 2.85. The Morgan fingerprint density at radius 3 is 2.71 bits per heavy atom. The van der Waals surface area contributed by atoms with Gasteiger partial charge in [0.05, 0.1) is 5.56 Å². The molecular formula is C8H13N5O. The van der Waals surface area contributed by atoms with E-state index in [0.29, 0.717) is 5.82 Å². The minimum atomic E-state index is -0.576. The fourth-order valence-corrected chi connectivity index (χ4v) is 0.959. The van der Waals surface area contributed by atoms with Crippen molar-refractivity contribution in [3.8, 4) is 0 Å². The third-order valence-electron chi connectivity index (χ3n) is 1.50. The molecule has 5 N–H and O–H groups in total. The number of amides is 1. The van der Waals surface area contributed by atoms with Gasteiger partial charge in [0.1, 0.15) is 5.82 Å². The number of nitrogens with two attached hydrogens (primary N) is 2. The molecule has 0 aliphatic carbocycles. The van der Waals surface area contributed by atoms with Gasteiger partial charge < -0.3 is 16.8 Å². The number of hydrogen-bond acceptors (Lipinski definition) is 5. The standard InChI is InChI=1S/C8H13N5O/c1-4(2)12-7-5(6(9)14)3-11-8(10)13-7/h3-4H,1-2H3,(H2,9,14)(H3,10,11,12,13). The first-order valence-corrected chi connectivity index (χ1v) is 4.19. The Hall–Kier alpha value is -1.85. The molecule has 1 aromatic heterocycles. The minimum Gasteiger partial charge on any atom is -0.368 e. The number of primary amides is 1. The maximum absolute atomic E-state index is 11.0. The summed E-state index contributed by atoms with van der Waals surface area (Å²) >= 11 is 0. The third kappa shape index (κ3) is 2.32. The molecule has 0 aliphatic rings. The Balaban J connectivity index is 3.09. The number of aromatic nitrogens is 2. The lowest BCUT2D eigenvalue weighted by Crippen LogP contribution is -2.20. The van der Waals surface area contributed by atoms with Crippen LogP contribution in [0, 0.1) is 0 Å². The fourth-order valence-electron chi connectivity index (χ4n) is 0.959. The van der Waals surface area contributed by atoms with Crippen LogP contribution in [-0.2, 0) is 0 Å². The van der Waals surface area contributed by atoms with Gasteiger partial charge in [-0.25, -0.2) is 4.98 Å². The van der Waals surface area contributed by atoms with Crippen LogP contribution in [0.3, 0.4) is 0 Å². The fraction of sp³-hybridized carbons (Fsp3) is 0.375. The van der Waals surface area contributed by atoms with Gasteiger partial charge in [0.2, 0.25) is 5.95 Å². The molecule has 1 amide bonds. The highest BCUT2D eigenvalue weighted by atomic mass is 16.1. The van der Waals surface area contributed by atoms with Crippen LogP contribution in [0.2, 0.25) is 0 Å². The largest absolute Gasteiger partial charge is 0.368 e. The first kappa shape index (κ1) is 10.2. The first-order chi connectivity index (χ1) is 6.50. The van der Waals surface area contributed by atoms with E-state index in [2.05, 4.69) is 15.3 Å². The van der Waals surface area contributed by atoms with Crippen molar-refractivity contribution in [3.63, 3.8) is 0 Å². The van der Waals surface area contributed by atoms with Gasteiger partial charge >= 0.3 is 0 Å². The molecule has 6 nitrogen and oxygen atoms in total. The maximum Gasteiger partial charge on any atom is 0.254 e. The van der Waals surface area contributed by atoms with Crippen LogP contribution in [0.4, 0.5) is 11.8 Å². The third-order valence-corrected chi connectivity index (χ3v) is 1.50. The number of nitrogens with zero attached hydrogens (tertiary/aromatic N) is 2. The van der Waals surface area contributed by atoms with E-state index in [0.717, 1.165) is 0 Å². The Bertz CT molecular complexity index is 350. The van der Waals surface area contributed by atoms with Gasteiger partial charge in [0, 0.05) is 12.2 Å². The molecule has 0 fully saturated rings. The second kappa shape index (κ2) is 3.91. The SMILES string of the molecule is CC(C)Nc1nc(N)ncc1C(N)=O. The summed E-state index contributed by atoms with van der Waals surface area (Å²) in [7, 11) is 0. The van der Waals surface area contributed by atoms with Gasteiger partial charge in [0.15, 0.2) is 0 Å². The number of rotatable bonds is 3. The van der Waals surface area contributed by atoms with Crippen LogP contribution in [0.15, 0.2) is 6.20 Å². The van der Waals surface area contributed by atoms with Crippen molar-refractivity contribution >= 4 is 17.7 Å². The Labute approximate surface area is 81.7 Å². The average Bonchev–Trinajstić information content (AvgIpc) is 2.01. The van der Waals surface area contributed by atoms with E-state index in [1.165, 1.54) is 6.20 Å². The summed E-state index contributed by atoms with van der Waals surface area (Å²) in [6.45, 7) is 3.84. The first-order valence-electron chi connectivity index (χ1n) is 4.19. The lowest BCUT2D eigenvalue weighted by molar-refractivity contribution is 0.100. The topological polar surface area (TPSA) is 107 Å². The predicted octanol–water partition coefficient (Wildman–Crippen LogP) is -0.0220. The molecule has 1 aromatic rings. The number of hydrogen-bond donors (Lipinski definition) is 3. The van der Waals surface area contributed by atoms with E-state index < -0.39 is 5.91 Å². The van der Waals surface area contributed by atoms with E-state index in [1.54, 1.807) is 0 Å². The van der Waals surface area contributed by atoms with Gasteiger partial charge in [-0.05, 0) is 13.8 Å². The number of nitrogens with one attached hydrogen (secondary N) is 1. The summed E-state index contributed by atoms with van der Waals surface area (Å²) in [6.07, 6.45) is 1.31. The summed E-state index contributed by atoms with van der Waals surface area (Å²) in [5.41, 5.74) is 10.8. The van der Waals surface area contributed by atoms with Crippen molar-refractivity contribution in [2.75, 3.05) is 11.1 Å². The molecule has 1 rings (SSSR count). The molecule has 14 heavy (non-hydrogen) atoms. The van der Waals surface area contributed by atoms with Crippen LogP contribution in [0.25, 0.3) is 0 Å². The molecule has 0 saturated heterocycles. The summed E-state index contributed by atoms with van der Waals surface area (Å²) < 4.78 is 0. The predicted molar refractivity (Wildman–Crippen MR) is 53.7 cm³/mol. The van der Waals surface area contributed by atoms with Gasteiger partial charge in [0.25, 0.3) is 5.91 Å². The molecule has 0 bridgehead atoms. The van der Waals surface area contributed by atoms with E-state index >= 15 is 0 Å². The number of anilines is 2. The highest BCUT2D eigenvalue weighted by Crippen LogP contribution is 2.12. The van der Waals surface area contributed by atoms with Gasteiger partial charge in [-0.1, -0.05) is 0 Å². The molecule has 1 heterocycles. The molecule has 0 spiro atoms. The maximum atomic E-state index is 11.0. The number of nitrogen functional groups attached to an aromatic ring is 1. The Morgan fingerprint density at radius 2 is 2.21 bits per heavy atom. The van der Waals surface area contributed by atoms with E-state index in [4.69, 9.17) is 11.5 Å². The van der Waals surface area contributed by atoms with Crippen LogP contribution in [0.5, 0.6) is 0 Å². The molecule has 0 aromatic carbocycles. The average molecular weight is 195 g/mol. The molecule has 6 heteroatoms. The van der Waals surface area contributed by atoms with Crippen molar-refractivity contribution in [3.05, 3.63) is 11.8 Å². The van der Waals surface area contributed by atoms with Gasteiger partial charge in [-0.3, -0.25) is 4.79 Å². The van der Waals surface area contributed by atoms with Crippen molar-refractivity contribution < 1.29 is 4.79 Å².